The first-order valence-corrected chi connectivity index (χ1v) is 7.89. The Morgan fingerprint density at radius 1 is 1.26 bits per heavy atom. The van der Waals surface area contributed by atoms with E-state index in [0.29, 0.717) is 10.8 Å². The van der Waals surface area contributed by atoms with Crippen LogP contribution >= 0.6 is 11.3 Å². The molecule has 2 aromatic heterocycles. The van der Waals surface area contributed by atoms with E-state index in [0.717, 1.165) is 5.69 Å². The van der Waals surface area contributed by atoms with Crippen molar-refractivity contribution in [2.45, 2.75) is 19.4 Å². The van der Waals surface area contributed by atoms with Crippen LogP contribution in [0.1, 0.15) is 19.5 Å². The predicted molar refractivity (Wildman–Crippen MR) is 88.7 cm³/mol. The van der Waals surface area contributed by atoms with Gasteiger partial charge in [0.15, 0.2) is 5.13 Å². The van der Waals surface area contributed by atoms with Crippen LogP contribution in [0.2, 0.25) is 0 Å². The van der Waals surface area contributed by atoms with Gasteiger partial charge >= 0.3 is 6.03 Å². The van der Waals surface area contributed by atoms with Crippen LogP contribution in [0, 0.1) is 0 Å². The maximum Gasteiger partial charge on any atom is 0.321 e. The lowest BCUT2D eigenvalue weighted by Gasteiger charge is -2.23. The second-order valence-electron chi connectivity index (χ2n) is 5.43. The first kappa shape index (κ1) is 15.2. The number of carbonyl (C=O) groups excluding carboxylic acids is 1. The van der Waals surface area contributed by atoms with E-state index < -0.39 is 5.54 Å². The van der Waals surface area contributed by atoms with E-state index in [1.165, 1.54) is 11.3 Å². The van der Waals surface area contributed by atoms with E-state index in [1.807, 2.05) is 44.2 Å². The summed E-state index contributed by atoms with van der Waals surface area (Å²) in [5, 5.41) is 16.2. The molecule has 0 fully saturated rings. The van der Waals surface area contributed by atoms with Crippen LogP contribution in [0.15, 0.2) is 48.1 Å². The first-order valence-electron chi connectivity index (χ1n) is 7.01. The largest absolute Gasteiger partial charge is 0.327 e. The zero-order chi connectivity index (χ0) is 16.3. The molecule has 0 aliphatic heterocycles. The van der Waals surface area contributed by atoms with Gasteiger partial charge in [-0.3, -0.25) is 5.32 Å². The number of rotatable bonds is 4. The van der Waals surface area contributed by atoms with E-state index in [-0.39, 0.29) is 6.03 Å². The van der Waals surface area contributed by atoms with Gasteiger partial charge in [0.1, 0.15) is 5.69 Å². The van der Waals surface area contributed by atoms with Gasteiger partial charge < -0.3 is 5.32 Å². The Balaban J connectivity index is 1.72. The number of urea groups is 1. The van der Waals surface area contributed by atoms with Gasteiger partial charge in [-0.25, -0.2) is 14.5 Å². The van der Waals surface area contributed by atoms with Gasteiger partial charge in [0.2, 0.25) is 0 Å². The molecule has 0 unspecified atom stereocenters. The van der Waals surface area contributed by atoms with Crippen LogP contribution < -0.4 is 10.6 Å². The number of nitrogens with one attached hydrogen (secondary N) is 2. The number of hydrogen-bond acceptors (Lipinski definition) is 5. The summed E-state index contributed by atoms with van der Waals surface area (Å²) in [6.45, 7) is 3.74. The summed E-state index contributed by atoms with van der Waals surface area (Å²) in [4.78, 5) is 16.1. The molecule has 0 saturated heterocycles. The highest BCUT2D eigenvalue weighted by molar-refractivity contribution is 7.13. The third kappa shape index (κ3) is 3.54. The molecule has 0 saturated carbocycles. The third-order valence-corrected chi connectivity index (χ3v) is 3.92. The molecule has 0 aliphatic rings. The number of amides is 2. The first-order chi connectivity index (χ1) is 11.0. The number of anilines is 1. The van der Waals surface area contributed by atoms with Crippen molar-refractivity contribution in [2.75, 3.05) is 5.32 Å². The molecule has 0 atom stereocenters. The van der Waals surface area contributed by atoms with Crippen molar-refractivity contribution in [3.8, 4) is 5.69 Å². The Kier molecular flexibility index (Phi) is 4.07. The van der Waals surface area contributed by atoms with Crippen LogP contribution in [0.3, 0.4) is 0 Å². The summed E-state index contributed by atoms with van der Waals surface area (Å²) < 4.78 is 1.68. The maximum absolute atomic E-state index is 12.1. The summed E-state index contributed by atoms with van der Waals surface area (Å²) in [6, 6.07) is 9.35. The summed E-state index contributed by atoms with van der Waals surface area (Å²) in [6.07, 6.45) is 3.44. The molecule has 8 heteroatoms. The molecule has 7 nitrogen and oxygen atoms in total. The Morgan fingerprint density at radius 2 is 2.04 bits per heavy atom. The summed E-state index contributed by atoms with van der Waals surface area (Å²) in [7, 11) is 0. The normalized spacial score (nSPS) is 11.2. The molecule has 0 aliphatic carbocycles. The molecular formula is C15H16N6OS. The fourth-order valence-electron chi connectivity index (χ4n) is 2.02. The molecule has 2 heterocycles. The van der Waals surface area contributed by atoms with Gasteiger partial charge in [-0.15, -0.1) is 16.4 Å². The highest BCUT2D eigenvalue weighted by atomic mass is 32.1. The molecule has 23 heavy (non-hydrogen) atoms. The van der Waals surface area contributed by atoms with E-state index in [9.17, 15) is 4.79 Å². The number of thiazole rings is 1. The second kappa shape index (κ2) is 6.17. The number of hydrogen-bond donors (Lipinski definition) is 2. The SMILES string of the molecule is CC(C)(NC(=O)Nc1nccs1)c1cn(-c2ccccc2)nn1. The van der Waals surface area contributed by atoms with Crippen molar-refractivity contribution >= 4 is 22.5 Å². The standard InChI is InChI=1S/C15H16N6OS/c1-15(2,18-13(22)17-14-16-8-9-23-14)12-10-21(20-19-12)11-6-4-3-5-7-11/h3-10H,1-2H3,(H2,16,17,18,22). The minimum atomic E-state index is -0.672. The molecule has 0 spiro atoms. The van der Waals surface area contributed by atoms with Crippen LogP contribution in [-0.2, 0) is 5.54 Å². The molecular weight excluding hydrogens is 312 g/mol. The number of para-hydroxylation sites is 1. The van der Waals surface area contributed by atoms with Crippen LogP contribution in [0.4, 0.5) is 9.93 Å². The zero-order valence-corrected chi connectivity index (χ0v) is 13.5. The van der Waals surface area contributed by atoms with E-state index in [2.05, 4.69) is 25.9 Å². The van der Waals surface area contributed by atoms with Crippen molar-refractivity contribution in [3.05, 3.63) is 53.8 Å². The zero-order valence-electron chi connectivity index (χ0n) is 12.7. The molecule has 2 N–H and O–H groups in total. The highest BCUT2D eigenvalue weighted by Gasteiger charge is 2.26. The van der Waals surface area contributed by atoms with Gasteiger partial charge in [-0.1, -0.05) is 23.4 Å². The Bertz CT molecular complexity index is 781. The molecule has 0 radical (unpaired) electrons. The molecule has 3 aromatic rings. The van der Waals surface area contributed by atoms with Gasteiger partial charge in [-0.05, 0) is 26.0 Å². The minimum absolute atomic E-state index is 0.334. The monoisotopic (exact) mass is 328 g/mol. The predicted octanol–water partition coefficient (Wildman–Crippen LogP) is 2.78. The lowest BCUT2D eigenvalue weighted by Crippen LogP contribution is -2.43. The van der Waals surface area contributed by atoms with Gasteiger partial charge in [0.05, 0.1) is 17.4 Å². The average Bonchev–Trinajstić information content (AvgIpc) is 3.18. The van der Waals surface area contributed by atoms with Crippen molar-refractivity contribution in [2.24, 2.45) is 0 Å². The lowest BCUT2D eigenvalue weighted by molar-refractivity contribution is 0.241. The maximum atomic E-state index is 12.1. The van der Waals surface area contributed by atoms with Gasteiger partial charge in [0, 0.05) is 11.6 Å². The van der Waals surface area contributed by atoms with Crippen molar-refractivity contribution in [1.29, 1.82) is 0 Å². The highest BCUT2D eigenvalue weighted by Crippen LogP contribution is 2.19. The Labute approximate surface area is 137 Å². The molecule has 2 amide bonds. The number of aromatic nitrogens is 4. The quantitative estimate of drug-likeness (QED) is 0.771. The van der Waals surface area contributed by atoms with Crippen LogP contribution in [0.25, 0.3) is 5.69 Å². The summed E-state index contributed by atoms with van der Waals surface area (Å²) in [5.41, 5.74) is 0.902. The Hall–Kier alpha value is -2.74. The molecule has 3 rings (SSSR count). The number of benzene rings is 1. The topological polar surface area (TPSA) is 84.7 Å². The number of nitrogens with zero attached hydrogens (tertiary/aromatic N) is 4. The van der Waals surface area contributed by atoms with Crippen LogP contribution in [0.5, 0.6) is 0 Å². The fraction of sp³-hybridized carbons (Fsp3) is 0.200. The summed E-state index contributed by atoms with van der Waals surface area (Å²) >= 11 is 1.36. The fourth-order valence-corrected chi connectivity index (χ4v) is 2.54. The lowest BCUT2D eigenvalue weighted by atomic mass is 10.0. The van der Waals surface area contributed by atoms with Crippen molar-refractivity contribution in [3.63, 3.8) is 0 Å². The van der Waals surface area contributed by atoms with Crippen molar-refractivity contribution in [1.82, 2.24) is 25.3 Å². The second-order valence-corrected chi connectivity index (χ2v) is 6.32. The minimum Gasteiger partial charge on any atom is -0.327 e. The Morgan fingerprint density at radius 3 is 2.74 bits per heavy atom. The smallest absolute Gasteiger partial charge is 0.321 e. The molecule has 118 valence electrons. The molecule has 0 bridgehead atoms. The third-order valence-electron chi connectivity index (χ3n) is 3.23. The average molecular weight is 328 g/mol. The number of carbonyl (C=O) groups is 1. The van der Waals surface area contributed by atoms with E-state index in [1.54, 1.807) is 22.5 Å². The van der Waals surface area contributed by atoms with E-state index >= 15 is 0 Å². The van der Waals surface area contributed by atoms with E-state index in [4.69, 9.17) is 0 Å². The molecule has 1 aromatic carbocycles. The van der Waals surface area contributed by atoms with Crippen LogP contribution in [-0.4, -0.2) is 26.0 Å². The summed E-state index contributed by atoms with van der Waals surface area (Å²) in [5.74, 6) is 0. The van der Waals surface area contributed by atoms with Gasteiger partial charge in [-0.2, -0.15) is 0 Å². The van der Waals surface area contributed by atoms with Gasteiger partial charge in [0.25, 0.3) is 0 Å². The van der Waals surface area contributed by atoms with Crippen molar-refractivity contribution < 1.29 is 4.79 Å².